The quantitative estimate of drug-likeness (QED) is 0.845. The van der Waals surface area contributed by atoms with Crippen molar-refractivity contribution in [3.8, 4) is 0 Å². The summed E-state index contributed by atoms with van der Waals surface area (Å²) in [6.07, 6.45) is 0.585. The molecule has 1 aliphatic heterocycles. The molecule has 2 aromatic heterocycles. The van der Waals surface area contributed by atoms with Crippen molar-refractivity contribution in [2.75, 3.05) is 32.1 Å². The van der Waals surface area contributed by atoms with Gasteiger partial charge >= 0.3 is 0 Å². The van der Waals surface area contributed by atoms with Gasteiger partial charge in [0.15, 0.2) is 0 Å². The number of carbonyl (C=O) groups excluding carboxylic acids is 1. The number of morpholine rings is 1. The summed E-state index contributed by atoms with van der Waals surface area (Å²) in [5, 5.41) is 11.0. The molecule has 8 nitrogen and oxygen atoms in total. The number of hydrogen-bond acceptors (Lipinski definition) is 7. The molecule has 0 saturated carbocycles. The number of nitrogens with one attached hydrogen (secondary N) is 1. The first-order chi connectivity index (χ1) is 12.6. The summed E-state index contributed by atoms with van der Waals surface area (Å²) in [4.78, 5) is 18.9. The van der Waals surface area contributed by atoms with Crippen LogP contribution in [0, 0.1) is 0 Å². The lowest BCUT2D eigenvalue weighted by atomic mass is 10.1. The minimum absolute atomic E-state index is 0.0624. The van der Waals surface area contributed by atoms with Crippen LogP contribution in [0.5, 0.6) is 0 Å². The topological polar surface area (TPSA) is 93.4 Å². The summed E-state index contributed by atoms with van der Waals surface area (Å²) in [5.41, 5.74) is 0.827. The van der Waals surface area contributed by atoms with Gasteiger partial charge < -0.3 is 19.4 Å². The molecular formula is C18H25N5O3. The molecule has 1 amide bonds. The summed E-state index contributed by atoms with van der Waals surface area (Å²) in [6, 6.07) is 5.75. The number of ether oxygens (including phenoxy) is 1. The molecule has 3 heterocycles. The summed E-state index contributed by atoms with van der Waals surface area (Å²) >= 11 is 0. The Labute approximate surface area is 153 Å². The average molecular weight is 359 g/mol. The first kappa shape index (κ1) is 18.3. The van der Waals surface area contributed by atoms with E-state index in [9.17, 15) is 4.79 Å². The molecule has 0 spiro atoms. The van der Waals surface area contributed by atoms with Crippen LogP contribution < -0.4 is 5.32 Å². The molecule has 0 radical (unpaired) electrons. The molecule has 8 heteroatoms. The van der Waals surface area contributed by atoms with Gasteiger partial charge in [0.25, 0.3) is 0 Å². The van der Waals surface area contributed by atoms with Crippen molar-refractivity contribution in [2.45, 2.75) is 38.7 Å². The Morgan fingerprint density at radius 1 is 1.38 bits per heavy atom. The van der Waals surface area contributed by atoms with Crippen molar-refractivity contribution >= 4 is 11.7 Å². The maximum absolute atomic E-state index is 12.6. The number of carbonyl (C=O) groups is 1. The van der Waals surface area contributed by atoms with Gasteiger partial charge in [0.1, 0.15) is 11.9 Å². The molecule has 1 aliphatic rings. The first-order valence-corrected chi connectivity index (χ1v) is 8.93. The maximum atomic E-state index is 12.6. The molecule has 2 aromatic rings. The number of rotatable bonds is 6. The highest BCUT2D eigenvalue weighted by atomic mass is 16.5. The largest absolute Gasteiger partial charge is 0.425 e. The van der Waals surface area contributed by atoms with Gasteiger partial charge in [0.05, 0.1) is 18.8 Å². The Morgan fingerprint density at radius 3 is 2.96 bits per heavy atom. The zero-order chi connectivity index (χ0) is 18.5. The smallest absolute Gasteiger partial charge is 0.223 e. The highest BCUT2D eigenvalue weighted by Crippen LogP contribution is 2.22. The number of amides is 1. The summed E-state index contributed by atoms with van der Waals surface area (Å²) in [5.74, 6) is 2.15. The lowest BCUT2D eigenvalue weighted by Gasteiger charge is -2.32. The molecular weight excluding hydrogens is 334 g/mol. The number of pyridine rings is 1. The Balaban J connectivity index is 1.57. The van der Waals surface area contributed by atoms with Crippen molar-refractivity contribution < 1.29 is 13.9 Å². The Kier molecular flexibility index (Phi) is 5.82. The number of hydrogen-bond donors (Lipinski definition) is 1. The molecule has 3 rings (SSSR count). The van der Waals surface area contributed by atoms with E-state index in [-0.39, 0.29) is 17.9 Å². The third-order valence-electron chi connectivity index (χ3n) is 4.30. The molecule has 0 aromatic carbocycles. The molecule has 0 aliphatic carbocycles. The van der Waals surface area contributed by atoms with Crippen molar-refractivity contribution in [1.29, 1.82) is 0 Å². The SMILES string of the molecule is CNc1cccc([C@H]2CN(C(=O)CCc3nnc(C(C)C)o3)CCO2)n1. The van der Waals surface area contributed by atoms with Gasteiger partial charge in [0, 0.05) is 32.4 Å². The molecule has 1 atom stereocenters. The van der Waals surface area contributed by atoms with Gasteiger partial charge in [-0.05, 0) is 12.1 Å². The number of anilines is 1. The zero-order valence-electron chi connectivity index (χ0n) is 15.4. The van der Waals surface area contributed by atoms with E-state index in [2.05, 4.69) is 20.5 Å². The second-order valence-corrected chi connectivity index (χ2v) is 6.59. The van der Waals surface area contributed by atoms with Crippen LogP contribution in [0.2, 0.25) is 0 Å². The monoisotopic (exact) mass is 359 g/mol. The van der Waals surface area contributed by atoms with Gasteiger partial charge in [-0.2, -0.15) is 0 Å². The molecule has 0 unspecified atom stereocenters. The van der Waals surface area contributed by atoms with E-state index in [4.69, 9.17) is 9.15 Å². The van der Waals surface area contributed by atoms with E-state index in [1.165, 1.54) is 0 Å². The van der Waals surface area contributed by atoms with Gasteiger partial charge in [-0.15, -0.1) is 10.2 Å². The van der Waals surface area contributed by atoms with E-state index in [1.807, 2.05) is 44.0 Å². The first-order valence-electron chi connectivity index (χ1n) is 8.93. The van der Waals surface area contributed by atoms with Crippen LogP contribution in [-0.2, 0) is 16.0 Å². The maximum Gasteiger partial charge on any atom is 0.223 e. The normalized spacial score (nSPS) is 17.5. The zero-order valence-corrected chi connectivity index (χ0v) is 15.4. The Hall–Kier alpha value is -2.48. The fraction of sp³-hybridized carbons (Fsp3) is 0.556. The van der Waals surface area contributed by atoms with E-state index >= 15 is 0 Å². The van der Waals surface area contributed by atoms with Crippen molar-refractivity contribution in [3.63, 3.8) is 0 Å². The summed E-state index contributed by atoms with van der Waals surface area (Å²) < 4.78 is 11.4. The molecule has 140 valence electrons. The van der Waals surface area contributed by atoms with E-state index in [0.717, 1.165) is 11.5 Å². The third kappa shape index (κ3) is 4.37. The fourth-order valence-electron chi connectivity index (χ4n) is 2.80. The fourth-order valence-corrected chi connectivity index (χ4v) is 2.80. The number of aromatic nitrogens is 3. The lowest BCUT2D eigenvalue weighted by Crippen LogP contribution is -2.42. The second kappa shape index (κ2) is 8.27. The van der Waals surface area contributed by atoms with Gasteiger partial charge in [-0.1, -0.05) is 19.9 Å². The highest BCUT2D eigenvalue weighted by molar-refractivity contribution is 5.76. The third-order valence-corrected chi connectivity index (χ3v) is 4.30. The van der Waals surface area contributed by atoms with Crippen LogP contribution in [-0.4, -0.2) is 52.7 Å². The van der Waals surface area contributed by atoms with Crippen molar-refractivity contribution in [3.05, 3.63) is 35.7 Å². The summed E-state index contributed by atoms with van der Waals surface area (Å²) in [6.45, 7) is 5.57. The molecule has 1 saturated heterocycles. The molecule has 26 heavy (non-hydrogen) atoms. The van der Waals surface area contributed by atoms with Crippen LogP contribution in [0.25, 0.3) is 0 Å². The van der Waals surface area contributed by atoms with Crippen LogP contribution in [0.15, 0.2) is 22.6 Å². The van der Waals surface area contributed by atoms with Crippen LogP contribution >= 0.6 is 0 Å². The van der Waals surface area contributed by atoms with Crippen molar-refractivity contribution in [1.82, 2.24) is 20.1 Å². The van der Waals surface area contributed by atoms with Gasteiger partial charge in [0.2, 0.25) is 17.7 Å². The predicted octanol–water partition coefficient (Wildman–Crippen LogP) is 2.16. The average Bonchev–Trinajstić information content (AvgIpc) is 3.15. The van der Waals surface area contributed by atoms with Crippen LogP contribution in [0.1, 0.15) is 49.8 Å². The van der Waals surface area contributed by atoms with Gasteiger partial charge in [-0.3, -0.25) is 4.79 Å². The minimum Gasteiger partial charge on any atom is -0.425 e. The molecule has 1 N–H and O–H groups in total. The second-order valence-electron chi connectivity index (χ2n) is 6.59. The highest BCUT2D eigenvalue weighted by Gasteiger charge is 2.26. The lowest BCUT2D eigenvalue weighted by molar-refractivity contribution is -0.139. The summed E-state index contributed by atoms with van der Waals surface area (Å²) in [7, 11) is 1.83. The number of nitrogens with zero attached hydrogens (tertiary/aromatic N) is 4. The van der Waals surface area contributed by atoms with Crippen molar-refractivity contribution in [2.24, 2.45) is 0 Å². The molecule has 1 fully saturated rings. The van der Waals surface area contributed by atoms with E-state index < -0.39 is 0 Å². The minimum atomic E-state index is -0.211. The van der Waals surface area contributed by atoms with Crippen LogP contribution in [0.3, 0.4) is 0 Å². The Bertz CT molecular complexity index is 746. The van der Waals surface area contributed by atoms with E-state index in [0.29, 0.717) is 44.3 Å². The van der Waals surface area contributed by atoms with Gasteiger partial charge in [-0.25, -0.2) is 4.98 Å². The van der Waals surface area contributed by atoms with E-state index in [1.54, 1.807) is 0 Å². The standard InChI is InChI=1S/C18H25N5O3/c1-12(2)18-22-21-16(26-18)7-8-17(24)23-9-10-25-14(11-23)13-5-4-6-15(19-3)20-13/h4-6,12,14H,7-11H2,1-3H3,(H,19,20)/t14-/m1/s1. The predicted molar refractivity (Wildman–Crippen MR) is 95.8 cm³/mol. The number of aryl methyl sites for hydroxylation is 1. The van der Waals surface area contributed by atoms with Crippen LogP contribution in [0.4, 0.5) is 5.82 Å². The Morgan fingerprint density at radius 2 is 2.23 bits per heavy atom. The molecule has 0 bridgehead atoms.